The van der Waals surface area contributed by atoms with E-state index in [9.17, 15) is 14.4 Å². The molecule has 0 saturated carbocycles. The molecule has 6 nitrogen and oxygen atoms in total. The van der Waals surface area contributed by atoms with E-state index in [0.717, 1.165) is 24.1 Å². The summed E-state index contributed by atoms with van der Waals surface area (Å²) in [4.78, 5) is 38.2. The van der Waals surface area contributed by atoms with Crippen molar-refractivity contribution in [3.8, 4) is 0 Å². The van der Waals surface area contributed by atoms with Gasteiger partial charge in [-0.15, -0.1) is 0 Å². The number of carbonyl (C=O) groups excluding carboxylic acids is 3. The van der Waals surface area contributed by atoms with Gasteiger partial charge in [-0.1, -0.05) is 18.2 Å². The zero-order valence-corrected chi connectivity index (χ0v) is 13.2. The van der Waals surface area contributed by atoms with Gasteiger partial charge in [0.15, 0.2) is 0 Å². The molecular formula is C17H21N3O3. The number of hydrogen-bond donors (Lipinski definition) is 2. The molecular weight excluding hydrogens is 294 g/mol. The maximum atomic E-state index is 12.6. The first kappa shape index (κ1) is 15.5. The average molecular weight is 315 g/mol. The predicted octanol–water partition coefficient (Wildman–Crippen LogP) is 1.10. The lowest BCUT2D eigenvalue weighted by atomic mass is 9.94. The van der Waals surface area contributed by atoms with Gasteiger partial charge in [-0.25, -0.2) is 0 Å². The van der Waals surface area contributed by atoms with E-state index in [1.165, 1.54) is 0 Å². The summed E-state index contributed by atoms with van der Waals surface area (Å²) in [5.74, 6) is -0.789. The summed E-state index contributed by atoms with van der Waals surface area (Å²) in [6, 6.07) is 7.47. The van der Waals surface area contributed by atoms with Crippen LogP contribution in [0.1, 0.15) is 30.7 Å². The van der Waals surface area contributed by atoms with Gasteiger partial charge >= 0.3 is 0 Å². The van der Waals surface area contributed by atoms with Gasteiger partial charge in [0.2, 0.25) is 17.7 Å². The molecule has 2 aliphatic heterocycles. The first-order chi connectivity index (χ1) is 11.1. The number of carbonyl (C=O) groups is 3. The Bertz CT molecular complexity index is 644. The van der Waals surface area contributed by atoms with E-state index in [4.69, 9.17) is 0 Å². The number of para-hydroxylation sites is 1. The van der Waals surface area contributed by atoms with Crippen LogP contribution < -0.4 is 10.6 Å². The average Bonchev–Trinajstić information content (AvgIpc) is 2.90. The molecule has 0 bridgehead atoms. The molecule has 0 spiro atoms. The molecule has 23 heavy (non-hydrogen) atoms. The molecule has 1 fully saturated rings. The van der Waals surface area contributed by atoms with Crippen LogP contribution in [0.2, 0.25) is 0 Å². The number of nitrogens with zero attached hydrogens (tertiary/aromatic N) is 1. The summed E-state index contributed by atoms with van der Waals surface area (Å²) in [7, 11) is 1.61. The standard InChI is InChI=1S/C17H21N3O3/c1-18-16(22)11-5-4-8-20(10-11)15(21)9-13-12-6-2-3-7-14(12)19-17(13)23/h2-3,6-7,11,13H,4-5,8-10H2,1H3,(H,18,22)(H,19,23). The fourth-order valence-corrected chi connectivity index (χ4v) is 3.40. The molecule has 2 aliphatic rings. The van der Waals surface area contributed by atoms with Crippen LogP contribution in [0.25, 0.3) is 0 Å². The molecule has 0 radical (unpaired) electrons. The number of anilines is 1. The van der Waals surface area contributed by atoms with Crippen molar-refractivity contribution in [2.75, 3.05) is 25.5 Å². The fourth-order valence-electron chi connectivity index (χ4n) is 3.40. The van der Waals surface area contributed by atoms with Crippen molar-refractivity contribution < 1.29 is 14.4 Å². The molecule has 2 unspecified atom stereocenters. The minimum atomic E-state index is -0.431. The summed E-state index contributed by atoms with van der Waals surface area (Å²) >= 11 is 0. The quantitative estimate of drug-likeness (QED) is 0.876. The van der Waals surface area contributed by atoms with Gasteiger partial charge in [0, 0.05) is 32.2 Å². The number of likely N-dealkylation sites (tertiary alicyclic amines) is 1. The van der Waals surface area contributed by atoms with Gasteiger partial charge in [-0.2, -0.15) is 0 Å². The molecule has 1 aromatic rings. The first-order valence-electron chi connectivity index (χ1n) is 7.99. The Morgan fingerprint density at radius 2 is 2.13 bits per heavy atom. The van der Waals surface area contributed by atoms with Crippen molar-refractivity contribution in [2.45, 2.75) is 25.2 Å². The maximum absolute atomic E-state index is 12.6. The van der Waals surface area contributed by atoms with E-state index in [-0.39, 0.29) is 30.1 Å². The largest absolute Gasteiger partial charge is 0.359 e. The Kier molecular flexibility index (Phi) is 4.32. The molecule has 122 valence electrons. The summed E-state index contributed by atoms with van der Waals surface area (Å²) < 4.78 is 0. The lowest BCUT2D eigenvalue weighted by Gasteiger charge is -2.32. The van der Waals surface area contributed by atoms with E-state index in [2.05, 4.69) is 10.6 Å². The zero-order chi connectivity index (χ0) is 16.4. The summed E-state index contributed by atoms with van der Waals surface area (Å²) in [6.45, 7) is 1.09. The Morgan fingerprint density at radius 1 is 1.35 bits per heavy atom. The normalized spacial score (nSPS) is 23.2. The number of rotatable bonds is 3. The first-order valence-corrected chi connectivity index (χ1v) is 7.99. The third kappa shape index (κ3) is 3.06. The molecule has 1 aromatic carbocycles. The maximum Gasteiger partial charge on any atom is 0.232 e. The molecule has 2 heterocycles. The van der Waals surface area contributed by atoms with Crippen LogP contribution in [0.15, 0.2) is 24.3 Å². The Balaban J connectivity index is 1.67. The topological polar surface area (TPSA) is 78.5 Å². The summed E-state index contributed by atoms with van der Waals surface area (Å²) in [6.07, 6.45) is 1.77. The second-order valence-electron chi connectivity index (χ2n) is 6.13. The summed E-state index contributed by atoms with van der Waals surface area (Å²) in [5, 5.41) is 5.46. The van der Waals surface area contributed by atoms with Crippen molar-refractivity contribution in [3.05, 3.63) is 29.8 Å². The Morgan fingerprint density at radius 3 is 2.91 bits per heavy atom. The van der Waals surface area contributed by atoms with Crippen LogP contribution in [-0.4, -0.2) is 42.8 Å². The second-order valence-corrected chi connectivity index (χ2v) is 6.13. The van der Waals surface area contributed by atoms with Crippen LogP contribution in [0.4, 0.5) is 5.69 Å². The smallest absolute Gasteiger partial charge is 0.232 e. The number of piperidine rings is 1. The van der Waals surface area contributed by atoms with Gasteiger partial charge in [0.1, 0.15) is 0 Å². The van der Waals surface area contributed by atoms with Crippen LogP contribution >= 0.6 is 0 Å². The third-order valence-electron chi connectivity index (χ3n) is 4.68. The monoisotopic (exact) mass is 315 g/mol. The van der Waals surface area contributed by atoms with E-state index >= 15 is 0 Å². The van der Waals surface area contributed by atoms with E-state index in [1.54, 1.807) is 11.9 Å². The van der Waals surface area contributed by atoms with Crippen molar-refractivity contribution in [2.24, 2.45) is 5.92 Å². The Hall–Kier alpha value is -2.37. The fraction of sp³-hybridized carbons (Fsp3) is 0.471. The summed E-state index contributed by atoms with van der Waals surface area (Å²) in [5.41, 5.74) is 1.67. The van der Waals surface area contributed by atoms with Crippen molar-refractivity contribution >= 4 is 23.4 Å². The number of nitrogens with one attached hydrogen (secondary N) is 2. The predicted molar refractivity (Wildman–Crippen MR) is 85.8 cm³/mol. The number of hydrogen-bond acceptors (Lipinski definition) is 3. The third-order valence-corrected chi connectivity index (χ3v) is 4.68. The highest BCUT2D eigenvalue weighted by molar-refractivity contribution is 6.04. The van der Waals surface area contributed by atoms with Crippen LogP contribution in [-0.2, 0) is 14.4 Å². The minimum absolute atomic E-state index is 0.0218. The lowest BCUT2D eigenvalue weighted by molar-refractivity contribution is -0.137. The second kappa shape index (κ2) is 6.40. The molecule has 3 rings (SSSR count). The van der Waals surface area contributed by atoms with Crippen molar-refractivity contribution in [1.82, 2.24) is 10.2 Å². The number of benzene rings is 1. The van der Waals surface area contributed by atoms with Gasteiger partial charge < -0.3 is 15.5 Å². The van der Waals surface area contributed by atoms with E-state index < -0.39 is 5.92 Å². The number of amides is 3. The SMILES string of the molecule is CNC(=O)C1CCCN(C(=O)CC2C(=O)Nc3ccccc32)C1. The molecule has 6 heteroatoms. The van der Waals surface area contributed by atoms with Gasteiger partial charge in [0.25, 0.3) is 0 Å². The van der Waals surface area contributed by atoms with E-state index in [1.807, 2.05) is 24.3 Å². The van der Waals surface area contributed by atoms with Crippen molar-refractivity contribution in [3.63, 3.8) is 0 Å². The van der Waals surface area contributed by atoms with Gasteiger partial charge in [-0.3, -0.25) is 14.4 Å². The van der Waals surface area contributed by atoms with Gasteiger partial charge in [0.05, 0.1) is 11.8 Å². The molecule has 0 aromatic heterocycles. The zero-order valence-electron chi connectivity index (χ0n) is 13.2. The van der Waals surface area contributed by atoms with E-state index in [0.29, 0.717) is 13.1 Å². The van der Waals surface area contributed by atoms with Crippen LogP contribution in [0.5, 0.6) is 0 Å². The highest BCUT2D eigenvalue weighted by Crippen LogP contribution is 2.35. The molecule has 0 aliphatic carbocycles. The highest BCUT2D eigenvalue weighted by atomic mass is 16.2. The van der Waals surface area contributed by atoms with Crippen molar-refractivity contribution in [1.29, 1.82) is 0 Å². The highest BCUT2D eigenvalue weighted by Gasteiger charge is 2.35. The minimum Gasteiger partial charge on any atom is -0.359 e. The van der Waals surface area contributed by atoms with Crippen LogP contribution in [0, 0.1) is 5.92 Å². The number of fused-ring (bicyclic) bond motifs is 1. The van der Waals surface area contributed by atoms with Gasteiger partial charge in [-0.05, 0) is 24.5 Å². The lowest BCUT2D eigenvalue weighted by Crippen LogP contribution is -2.45. The molecule has 2 atom stereocenters. The molecule has 3 amide bonds. The van der Waals surface area contributed by atoms with Crippen LogP contribution in [0.3, 0.4) is 0 Å². The molecule has 2 N–H and O–H groups in total. The molecule has 1 saturated heterocycles. The Labute approximate surface area is 135 Å².